The van der Waals surface area contributed by atoms with Gasteiger partial charge in [-0.15, -0.1) is 0 Å². The third-order valence-electron chi connectivity index (χ3n) is 3.87. The number of hydrogen-bond donors (Lipinski definition) is 2. The van der Waals surface area contributed by atoms with E-state index in [1.165, 1.54) is 37.1 Å². The van der Waals surface area contributed by atoms with Gasteiger partial charge in [0.1, 0.15) is 4.88 Å². The molecule has 0 aromatic carbocycles. The highest BCUT2D eigenvalue weighted by molar-refractivity contribution is 7.17. The maximum atomic E-state index is 12.0. The lowest BCUT2D eigenvalue weighted by atomic mass is 10.0. The van der Waals surface area contributed by atoms with Gasteiger partial charge in [-0.3, -0.25) is 4.79 Å². The van der Waals surface area contributed by atoms with Gasteiger partial charge in [-0.05, 0) is 39.7 Å². The summed E-state index contributed by atoms with van der Waals surface area (Å²) in [7, 11) is 0. The topological polar surface area (TPSA) is 71.2 Å². The summed E-state index contributed by atoms with van der Waals surface area (Å²) in [5.41, 5.74) is 6.32. The van der Waals surface area contributed by atoms with Crippen molar-refractivity contribution in [2.45, 2.75) is 45.6 Å². The smallest absolute Gasteiger partial charge is 0.263 e. The van der Waals surface area contributed by atoms with Crippen molar-refractivity contribution in [1.29, 1.82) is 0 Å². The molecule has 0 radical (unpaired) electrons. The molecule has 3 N–H and O–H groups in total. The number of piperidine rings is 1. The molecule has 2 heterocycles. The molecule has 5 nitrogen and oxygen atoms in total. The van der Waals surface area contributed by atoms with Crippen LogP contribution in [-0.2, 0) is 0 Å². The number of nitrogen functional groups attached to an aromatic ring is 1. The quantitative estimate of drug-likeness (QED) is 0.816. The van der Waals surface area contributed by atoms with E-state index in [0.29, 0.717) is 22.6 Å². The van der Waals surface area contributed by atoms with Gasteiger partial charge in [0.05, 0.1) is 5.69 Å². The number of aryl methyl sites for hydroxylation is 1. The Hall–Kier alpha value is -1.14. The minimum absolute atomic E-state index is 0.0524. The first kappa shape index (κ1) is 15.3. The fourth-order valence-corrected chi connectivity index (χ4v) is 3.43. The number of carbonyl (C=O) groups is 1. The van der Waals surface area contributed by atoms with Crippen LogP contribution in [0.2, 0.25) is 0 Å². The summed E-state index contributed by atoms with van der Waals surface area (Å²) in [5, 5.41) is 3.41. The van der Waals surface area contributed by atoms with E-state index in [2.05, 4.69) is 22.1 Å². The lowest BCUT2D eigenvalue weighted by molar-refractivity contribution is 0.0952. The monoisotopic (exact) mass is 296 g/mol. The predicted octanol–water partition coefficient (Wildman–Crippen LogP) is 2.03. The number of nitrogens with two attached hydrogens (primary N) is 1. The van der Waals surface area contributed by atoms with Gasteiger partial charge in [-0.2, -0.15) is 0 Å². The van der Waals surface area contributed by atoms with Crippen molar-refractivity contribution in [2.24, 2.45) is 0 Å². The van der Waals surface area contributed by atoms with Crippen molar-refractivity contribution in [3.05, 3.63) is 10.6 Å². The summed E-state index contributed by atoms with van der Waals surface area (Å²) in [6, 6.07) is 0.683. The Morgan fingerprint density at radius 1 is 1.55 bits per heavy atom. The number of hydrogen-bond acceptors (Lipinski definition) is 5. The van der Waals surface area contributed by atoms with E-state index in [9.17, 15) is 4.79 Å². The maximum Gasteiger partial charge on any atom is 0.263 e. The van der Waals surface area contributed by atoms with Crippen molar-refractivity contribution >= 4 is 22.4 Å². The molecule has 1 aliphatic rings. The lowest BCUT2D eigenvalue weighted by Gasteiger charge is -2.33. The molecule has 2 rings (SSSR count). The fraction of sp³-hybridized carbons (Fsp3) is 0.714. The number of nitrogens with zero attached hydrogens (tertiary/aromatic N) is 2. The molecule has 112 valence electrons. The second-order valence-electron chi connectivity index (χ2n) is 5.46. The maximum absolute atomic E-state index is 12.0. The van der Waals surface area contributed by atoms with Crippen LogP contribution in [0.15, 0.2) is 0 Å². The number of rotatable bonds is 5. The van der Waals surface area contributed by atoms with Gasteiger partial charge >= 0.3 is 0 Å². The van der Waals surface area contributed by atoms with E-state index in [-0.39, 0.29) is 5.91 Å². The van der Waals surface area contributed by atoms with Gasteiger partial charge in [-0.1, -0.05) is 17.8 Å². The van der Waals surface area contributed by atoms with Crippen molar-refractivity contribution in [3.8, 4) is 0 Å². The molecule has 0 saturated carbocycles. The summed E-state index contributed by atoms with van der Waals surface area (Å²) < 4.78 is 0. The zero-order valence-electron chi connectivity index (χ0n) is 12.3. The molecule has 1 unspecified atom stereocenters. The van der Waals surface area contributed by atoms with Gasteiger partial charge in [0.15, 0.2) is 5.13 Å². The number of aromatic nitrogens is 1. The Bertz CT molecular complexity index is 460. The van der Waals surface area contributed by atoms with Gasteiger partial charge in [0.2, 0.25) is 0 Å². The Morgan fingerprint density at radius 2 is 2.35 bits per heavy atom. The highest BCUT2D eigenvalue weighted by Crippen LogP contribution is 2.19. The van der Waals surface area contributed by atoms with Crippen LogP contribution in [0.5, 0.6) is 0 Å². The fourth-order valence-electron chi connectivity index (χ4n) is 2.68. The molecule has 1 aromatic heterocycles. The Morgan fingerprint density at radius 3 is 3.00 bits per heavy atom. The summed E-state index contributed by atoms with van der Waals surface area (Å²) in [4.78, 5) is 19.2. The van der Waals surface area contributed by atoms with Crippen LogP contribution >= 0.6 is 11.3 Å². The van der Waals surface area contributed by atoms with Gasteiger partial charge in [-0.25, -0.2) is 4.98 Å². The van der Waals surface area contributed by atoms with Crippen molar-refractivity contribution in [1.82, 2.24) is 15.2 Å². The normalized spacial score (nSPS) is 20.0. The molecular weight excluding hydrogens is 272 g/mol. The summed E-state index contributed by atoms with van der Waals surface area (Å²) in [6.07, 6.45) is 4.94. The van der Waals surface area contributed by atoms with E-state index in [1.807, 2.05) is 6.92 Å². The van der Waals surface area contributed by atoms with Crippen LogP contribution in [0.25, 0.3) is 0 Å². The van der Waals surface area contributed by atoms with Crippen LogP contribution in [0, 0.1) is 6.92 Å². The number of carbonyl (C=O) groups excluding carboxylic acids is 1. The Balaban J connectivity index is 1.70. The molecule has 0 bridgehead atoms. The highest BCUT2D eigenvalue weighted by Gasteiger charge is 2.18. The van der Waals surface area contributed by atoms with Crippen molar-refractivity contribution in [3.63, 3.8) is 0 Å². The summed E-state index contributed by atoms with van der Waals surface area (Å²) in [6.45, 7) is 7.07. The first-order chi connectivity index (χ1) is 9.58. The predicted molar refractivity (Wildman–Crippen MR) is 83.1 cm³/mol. The minimum atomic E-state index is -0.0524. The minimum Gasteiger partial charge on any atom is -0.375 e. The second-order valence-corrected chi connectivity index (χ2v) is 6.49. The lowest BCUT2D eigenvalue weighted by Crippen LogP contribution is -2.39. The van der Waals surface area contributed by atoms with Crippen LogP contribution in [0.1, 0.15) is 48.0 Å². The number of anilines is 1. The first-order valence-electron chi connectivity index (χ1n) is 7.33. The van der Waals surface area contributed by atoms with E-state index in [4.69, 9.17) is 5.73 Å². The van der Waals surface area contributed by atoms with E-state index in [0.717, 1.165) is 18.7 Å². The van der Waals surface area contributed by atoms with Crippen LogP contribution in [0.3, 0.4) is 0 Å². The molecule has 1 atom stereocenters. The average molecular weight is 296 g/mol. The van der Waals surface area contributed by atoms with Gasteiger partial charge < -0.3 is 16.0 Å². The molecule has 1 fully saturated rings. The van der Waals surface area contributed by atoms with E-state index >= 15 is 0 Å². The molecule has 1 aromatic rings. The first-order valence-corrected chi connectivity index (χ1v) is 8.14. The second kappa shape index (κ2) is 7.04. The summed E-state index contributed by atoms with van der Waals surface area (Å²) in [5.74, 6) is -0.0524. The largest absolute Gasteiger partial charge is 0.375 e. The molecule has 1 saturated heterocycles. The molecule has 20 heavy (non-hydrogen) atoms. The number of nitrogens with one attached hydrogen (secondary N) is 1. The number of thiazole rings is 1. The molecule has 0 spiro atoms. The van der Waals surface area contributed by atoms with E-state index in [1.54, 1.807) is 0 Å². The van der Waals surface area contributed by atoms with Crippen molar-refractivity contribution in [2.75, 3.05) is 25.4 Å². The van der Waals surface area contributed by atoms with Crippen LogP contribution in [0.4, 0.5) is 5.13 Å². The molecule has 0 aliphatic carbocycles. The molecule has 1 amide bonds. The summed E-state index contributed by atoms with van der Waals surface area (Å²) >= 11 is 1.25. The van der Waals surface area contributed by atoms with Crippen LogP contribution in [-0.4, -0.2) is 41.5 Å². The molecule has 6 heteroatoms. The van der Waals surface area contributed by atoms with Gasteiger partial charge in [0, 0.05) is 19.1 Å². The van der Waals surface area contributed by atoms with Gasteiger partial charge in [0.25, 0.3) is 5.91 Å². The zero-order chi connectivity index (χ0) is 14.5. The average Bonchev–Trinajstić information content (AvgIpc) is 2.75. The van der Waals surface area contributed by atoms with Crippen LogP contribution < -0.4 is 11.1 Å². The molecular formula is C14H24N4OS. The Labute approximate surface area is 124 Å². The van der Waals surface area contributed by atoms with Crippen molar-refractivity contribution < 1.29 is 4.79 Å². The third-order valence-corrected chi connectivity index (χ3v) is 4.85. The number of likely N-dealkylation sites (tertiary alicyclic amines) is 1. The number of amides is 1. The highest BCUT2D eigenvalue weighted by atomic mass is 32.1. The SMILES string of the molecule is Cc1nc(N)sc1C(=O)NCCCN1CCCCC1C. The standard InChI is InChI=1S/C14H24N4OS/c1-10-6-3-4-8-18(10)9-5-7-16-13(19)12-11(2)17-14(15)20-12/h10H,3-9H2,1-2H3,(H2,15,17)(H,16,19). The zero-order valence-corrected chi connectivity index (χ0v) is 13.1. The Kier molecular flexibility index (Phi) is 5.37. The molecule has 1 aliphatic heterocycles. The third kappa shape index (κ3) is 3.93. The van der Waals surface area contributed by atoms with E-state index < -0.39 is 0 Å².